The van der Waals surface area contributed by atoms with Gasteiger partial charge in [-0.3, -0.25) is 0 Å². The number of carbonyl (C=O) groups is 1. The molecular formula is C7H10BrFO. The number of carbonyl (C=O) groups excluding carboxylic acids is 1. The van der Waals surface area contributed by atoms with Crippen LogP contribution in [0.4, 0.5) is 4.39 Å². The van der Waals surface area contributed by atoms with Gasteiger partial charge >= 0.3 is 0 Å². The molecule has 1 fully saturated rings. The van der Waals surface area contributed by atoms with E-state index in [4.69, 9.17) is 0 Å². The molecule has 0 heterocycles. The molecule has 1 aliphatic rings. The molecule has 3 unspecified atom stereocenters. The first-order chi connectivity index (χ1) is 4.58. The molecule has 1 aliphatic carbocycles. The number of alkyl halides is 2. The highest BCUT2D eigenvalue weighted by atomic mass is 79.9. The van der Waals surface area contributed by atoms with E-state index < -0.39 is 5.67 Å². The van der Waals surface area contributed by atoms with Crippen molar-refractivity contribution >= 4 is 22.2 Å². The number of rotatable bonds is 3. The fourth-order valence-corrected chi connectivity index (χ4v) is 1.65. The van der Waals surface area contributed by atoms with E-state index in [0.717, 1.165) is 6.29 Å². The van der Waals surface area contributed by atoms with Gasteiger partial charge in [-0.2, -0.15) is 0 Å². The quantitative estimate of drug-likeness (QED) is 0.513. The summed E-state index contributed by atoms with van der Waals surface area (Å²) in [5.41, 5.74) is -1.05. The standard InChI is InChI=1S/C7H10BrFO/c1-5-2-7(5,9)3-6(8)4-10/h4-6H,2-3H2,1H3. The molecule has 0 aromatic heterocycles. The lowest BCUT2D eigenvalue weighted by Gasteiger charge is -2.05. The molecule has 1 rings (SSSR count). The molecule has 0 aliphatic heterocycles. The maximum Gasteiger partial charge on any atom is 0.133 e. The molecule has 0 amide bonds. The summed E-state index contributed by atoms with van der Waals surface area (Å²) in [6, 6.07) is 0. The monoisotopic (exact) mass is 208 g/mol. The van der Waals surface area contributed by atoms with Gasteiger partial charge in [0, 0.05) is 6.42 Å². The first kappa shape index (κ1) is 8.18. The van der Waals surface area contributed by atoms with Gasteiger partial charge in [-0.05, 0) is 12.3 Å². The van der Waals surface area contributed by atoms with Gasteiger partial charge in [0.25, 0.3) is 0 Å². The summed E-state index contributed by atoms with van der Waals surface area (Å²) < 4.78 is 13.1. The molecule has 10 heavy (non-hydrogen) atoms. The summed E-state index contributed by atoms with van der Waals surface area (Å²) in [7, 11) is 0. The lowest BCUT2D eigenvalue weighted by Crippen LogP contribution is -2.12. The molecule has 0 saturated heterocycles. The van der Waals surface area contributed by atoms with Gasteiger partial charge in [-0.15, -0.1) is 0 Å². The van der Waals surface area contributed by atoms with Crippen molar-refractivity contribution in [3.63, 3.8) is 0 Å². The van der Waals surface area contributed by atoms with Crippen LogP contribution in [-0.2, 0) is 4.79 Å². The first-order valence-electron chi connectivity index (χ1n) is 3.37. The molecule has 0 spiro atoms. The molecule has 0 N–H and O–H groups in total. The Kier molecular flexibility index (Phi) is 2.13. The van der Waals surface area contributed by atoms with Crippen molar-refractivity contribution in [1.82, 2.24) is 0 Å². The highest BCUT2D eigenvalue weighted by molar-refractivity contribution is 9.09. The molecule has 0 bridgehead atoms. The van der Waals surface area contributed by atoms with E-state index in [9.17, 15) is 9.18 Å². The minimum atomic E-state index is -1.05. The highest BCUT2D eigenvalue weighted by Crippen LogP contribution is 2.50. The van der Waals surface area contributed by atoms with Gasteiger partial charge in [0.15, 0.2) is 0 Å². The first-order valence-corrected chi connectivity index (χ1v) is 4.28. The second kappa shape index (κ2) is 2.61. The van der Waals surface area contributed by atoms with Gasteiger partial charge in [-0.25, -0.2) is 4.39 Å². The maximum atomic E-state index is 13.1. The van der Waals surface area contributed by atoms with Gasteiger partial charge in [-0.1, -0.05) is 22.9 Å². The maximum absolute atomic E-state index is 13.1. The largest absolute Gasteiger partial charge is 0.302 e. The third-order valence-corrected chi connectivity index (χ3v) is 2.59. The summed E-state index contributed by atoms with van der Waals surface area (Å²) >= 11 is 3.07. The number of halogens is 2. The predicted octanol–water partition coefficient (Wildman–Crippen LogP) is 2.09. The Morgan fingerprint density at radius 2 is 2.50 bits per heavy atom. The van der Waals surface area contributed by atoms with Crippen LogP contribution in [0.5, 0.6) is 0 Å². The Balaban J connectivity index is 2.32. The van der Waals surface area contributed by atoms with E-state index in [1.54, 1.807) is 0 Å². The average Bonchev–Trinajstić information content (AvgIpc) is 2.40. The fraction of sp³-hybridized carbons (Fsp3) is 0.857. The molecule has 0 aromatic rings. The fourth-order valence-electron chi connectivity index (χ4n) is 1.11. The van der Waals surface area contributed by atoms with E-state index in [1.807, 2.05) is 6.92 Å². The van der Waals surface area contributed by atoms with Crippen LogP contribution >= 0.6 is 15.9 Å². The molecule has 0 aromatic carbocycles. The lowest BCUT2D eigenvalue weighted by molar-refractivity contribution is -0.107. The third-order valence-electron chi connectivity index (χ3n) is 2.05. The van der Waals surface area contributed by atoms with Gasteiger partial charge in [0.05, 0.1) is 4.83 Å². The van der Waals surface area contributed by atoms with Crippen molar-refractivity contribution in [3.05, 3.63) is 0 Å². The van der Waals surface area contributed by atoms with Crippen molar-refractivity contribution < 1.29 is 9.18 Å². The molecule has 1 saturated carbocycles. The van der Waals surface area contributed by atoms with Crippen molar-refractivity contribution in [2.24, 2.45) is 5.92 Å². The van der Waals surface area contributed by atoms with E-state index in [-0.39, 0.29) is 10.7 Å². The van der Waals surface area contributed by atoms with E-state index >= 15 is 0 Å². The Bertz CT molecular complexity index is 151. The van der Waals surface area contributed by atoms with Gasteiger partial charge in [0.2, 0.25) is 0 Å². The second-order valence-corrected chi connectivity index (χ2v) is 4.17. The zero-order chi connectivity index (χ0) is 7.78. The van der Waals surface area contributed by atoms with Crippen LogP contribution in [0.1, 0.15) is 19.8 Å². The number of hydrogen-bond acceptors (Lipinski definition) is 1. The minimum absolute atomic E-state index is 0.146. The van der Waals surface area contributed by atoms with E-state index in [2.05, 4.69) is 15.9 Å². The molecule has 0 radical (unpaired) electrons. The summed E-state index contributed by atoms with van der Waals surface area (Å²) in [5, 5.41) is 0. The van der Waals surface area contributed by atoms with Crippen molar-refractivity contribution in [3.8, 4) is 0 Å². The van der Waals surface area contributed by atoms with E-state index in [0.29, 0.717) is 12.8 Å². The molecule has 3 atom stereocenters. The second-order valence-electron chi connectivity index (χ2n) is 3.00. The van der Waals surface area contributed by atoms with Crippen LogP contribution in [0.25, 0.3) is 0 Å². The third kappa shape index (κ3) is 1.57. The molecular weight excluding hydrogens is 199 g/mol. The lowest BCUT2D eigenvalue weighted by atomic mass is 10.2. The van der Waals surface area contributed by atoms with Crippen LogP contribution in [0.15, 0.2) is 0 Å². The summed E-state index contributed by atoms with van der Waals surface area (Å²) in [6.07, 6.45) is 1.69. The minimum Gasteiger partial charge on any atom is -0.302 e. The summed E-state index contributed by atoms with van der Waals surface area (Å²) in [4.78, 5) is 9.80. The molecule has 3 heteroatoms. The van der Waals surface area contributed by atoms with Crippen LogP contribution in [0, 0.1) is 5.92 Å². The Hall–Kier alpha value is 0.0800. The normalized spacial score (nSPS) is 40.9. The summed E-state index contributed by atoms with van der Waals surface area (Å²) in [6.45, 7) is 1.87. The van der Waals surface area contributed by atoms with Crippen LogP contribution in [-0.4, -0.2) is 16.8 Å². The SMILES string of the molecule is CC1CC1(F)CC(Br)C=O. The Labute approximate surface area is 68.1 Å². The van der Waals surface area contributed by atoms with E-state index in [1.165, 1.54) is 0 Å². The summed E-state index contributed by atoms with van der Waals surface area (Å²) in [5.74, 6) is 0.146. The zero-order valence-corrected chi connectivity index (χ0v) is 7.40. The van der Waals surface area contributed by atoms with Crippen molar-refractivity contribution in [2.45, 2.75) is 30.3 Å². The average molecular weight is 209 g/mol. The van der Waals surface area contributed by atoms with Crippen LogP contribution in [0.2, 0.25) is 0 Å². The van der Waals surface area contributed by atoms with Gasteiger partial charge in [0.1, 0.15) is 12.0 Å². The zero-order valence-electron chi connectivity index (χ0n) is 5.81. The number of hydrogen-bond donors (Lipinski definition) is 0. The highest BCUT2D eigenvalue weighted by Gasteiger charge is 2.52. The van der Waals surface area contributed by atoms with Crippen molar-refractivity contribution in [2.75, 3.05) is 0 Å². The Morgan fingerprint density at radius 3 is 2.80 bits per heavy atom. The topological polar surface area (TPSA) is 17.1 Å². The van der Waals surface area contributed by atoms with Crippen LogP contribution in [0.3, 0.4) is 0 Å². The molecule has 1 nitrogen and oxygen atoms in total. The van der Waals surface area contributed by atoms with Gasteiger partial charge < -0.3 is 4.79 Å². The van der Waals surface area contributed by atoms with Crippen molar-refractivity contribution in [1.29, 1.82) is 0 Å². The predicted molar refractivity (Wildman–Crippen MR) is 41.0 cm³/mol. The number of aldehydes is 1. The smallest absolute Gasteiger partial charge is 0.133 e. The van der Waals surface area contributed by atoms with Crippen LogP contribution < -0.4 is 0 Å². The Morgan fingerprint density at radius 1 is 2.00 bits per heavy atom. The molecule has 58 valence electrons.